The van der Waals surface area contributed by atoms with E-state index in [1.54, 1.807) is 0 Å². The summed E-state index contributed by atoms with van der Waals surface area (Å²) in [5.41, 5.74) is 2.55. The first kappa shape index (κ1) is 12.8. The predicted octanol–water partition coefficient (Wildman–Crippen LogP) is 1.82. The van der Waals surface area contributed by atoms with Gasteiger partial charge in [-0.2, -0.15) is 0 Å². The number of carbonyl (C=O) groups excluding carboxylic acids is 1. The van der Waals surface area contributed by atoms with E-state index in [2.05, 4.69) is 23.0 Å². The molecule has 1 N–H and O–H groups in total. The van der Waals surface area contributed by atoms with Crippen LogP contribution in [0.3, 0.4) is 0 Å². The number of rotatable bonds is 1. The van der Waals surface area contributed by atoms with Gasteiger partial charge >= 0.3 is 5.76 Å². The lowest BCUT2D eigenvalue weighted by Gasteiger charge is -2.41. The van der Waals surface area contributed by atoms with Gasteiger partial charge in [0.15, 0.2) is 5.58 Å². The molecule has 5 nitrogen and oxygen atoms in total. The molecule has 110 valence electrons. The highest BCUT2D eigenvalue weighted by molar-refractivity contribution is 5.81. The molecule has 0 bridgehead atoms. The number of oxazole rings is 1. The van der Waals surface area contributed by atoms with E-state index in [0.717, 1.165) is 24.9 Å². The molecule has 5 heteroatoms. The highest BCUT2D eigenvalue weighted by Gasteiger charge is 2.50. The minimum atomic E-state index is -0.418. The molecule has 0 amide bonds. The average Bonchev–Trinajstić information content (AvgIpc) is 2.99. The minimum absolute atomic E-state index is 0.0205. The van der Waals surface area contributed by atoms with Crippen molar-refractivity contribution >= 4 is 16.9 Å². The topological polar surface area (TPSA) is 66.3 Å². The number of nitrogens with zero attached hydrogens (tertiary/aromatic N) is 1. The van der Waals surface area contributed by atoms with Crippen LogP contribution in [0, 0.1) is 0 Å². The van der Waals surface area contributed by atoms with Crippen molar-refractivity contribution in [2.45, 2.75) is 37.1 Å². The van der Waals surface area contributed by atoms with E-state index in [1.165, 1.54) is 5.56 Å². The van der Waals surface area contributed by atoms with Gasteiger partial charge in [-0.05, 0) is 44.1 Å². The number of benzene rings is 1. The van der Waals surface area contributed by atoms with Crippen LogP contribution in [0.25, 0.3) is 11.1 Å². The molecular weight excluding hydrogens is 268 g/mol. The summed E-state index contributed by atoms with van der Waals surface area (Å²) in [5, 5.41) is 0. The maximum Gasteiger partial charge on any atom is 0.417 e. The number of hydrogen-bond acceptors (Lipinski definition) is 4. The molecule has 0 spiro atoms. The van der Waals surface area contributed by atoms with E-state index in [1.807, 2.05) is 12.1 Å². The summed E-state index contributed by atoms with van der Waals surface area (Å²) in [4.78, 5) is 28.1. The average molecular weight is 286 g/mol. The molecule has 21 heavy (non-hydrogen) atoms. The van der Waals surface area contributed by atoms with Crippen LogP contribution >= 0.6 is 0 Å². The van der Waals surface area contributed by atoms with Gasteiger partial charge in [-0.3, -0.25) is 9.78 Å². The number of likely N-dealkylation sites (N-methyl/N-ethyl adjacent to an activating group) is 1. The first-order valence-corrected chi connectivity index (χ1v) is 7.44. The van der Waals surface area contributed by atoms with Crippen LogP contribution in [0.1, 0.15) is 31.2 Å². The van der Waals surface area contributed by atoms with E-state index >= 15 is 0 Å². The third-order valence-electron chi connectivity index (χ3n) is 5.35. The SMILES string of the molecule is CN1CC[C@]2(c3ccc4[nH]c(=O)oc4c3)CCC(=O)C[C@H]12. The Hall–Kier alpha value is -1.88. The van der Waals surface area contributed by atoms with Crippen molar-refractivity contribution in [3.8, 4) is 0 Å². The van der Waals surface area contributed by atoms with Gasteiger partial charge in [-0.25, -0.2) is 4.79 Å². The summed E-state index contributed by atoms with van der Waals surface area (Å²) in [7, 11) is 2.10. The molecule has 1 aromatic heterocycles. The minimum Gasteiger partial charge on any atom is -0.408 e. The van der Waals surface area contributed by atoms with E-state index in [9.17, 15) is 9.59 Å². The van der Waals surface area contributed by atoms with Crippen LogP contribution < -0.4 is 5.76 Å². The number of nitrogens with one attached hydrogen (secondary N) is 1. The van der Waals surface area contributed by atoms with Crippen LogP contribution in [0.4, 0.5) is 0 Å². The molecule has 1 saturated heterocycles. The second-order valence-corrected chi connectivity index (χ2v) is 6.37. The fourth-order valence-electron chi connectivity index (χ4n) is 4.18. The Balaban J connectivity index is 1.84. The van der Waals surface area contributed by atoms with Crippen molar-refractivity contribution in [2.24, 2.45) is 0 Å². The zero-order chi connectivity index (χ0) is 14.6. The number of aromatic nitrogens is 1. The van der Waals surface area contributed by atoms with Crippen molar-refractivity contribution < 1.29 is 9.21 Å². The van der Waals surface area contributed by atoms with Gasteiger partial charge in [-0.1, -0.05) is 6.07 Å². The Morgan fingerprint density at radius 3 is 3.05 bits per heavy atom. The van der Waals surface area contributed by atoms with Crippen molar-refractivity contribution in [1.29, 1.82) is 0 Å². The monoisotopic (exact) mass is 286 g/mol. The highest BCUT2D eigenvalue weighted by atomic mass is 16.4. The lowest BCUT2D eigenvalue weighted by atomic mass is 9.66. The first-order valence-electron chi connectivity index (χ1n) is 7.44. The zero-order valence-corrected chi connectivity index (χ0v) is 12.0. The molecule has 1 aromatic carbocycles. The Kier molecular flexibility index (Phi) is 2.63. The van der Waals surface area contributed by atoms with Gasteiger partial charge in [0.1, 0.15) is 5.78 Å². The molecule has 2 aromatic rings. The number of fused-ring (bicyclic) bond motifs is 2. The molecular formula is C16H18N2O3. The fraction of sp³-hybridized carbons (Fsp3) is 0.500. The van der Waals surface area contributed by atoms with E-state index in [-0.39, 0.29) is 11.5 Å². The number of H-pyrrole nitrogens is 1. The number of ketones is 1. The van der Waals surface area contributed by atoms with Crippen LogP contribution in [0.15, 0.2) is 27.4 Å². The lowest BCUT2D eigenvalue weighted by molar-refractivity contribution is -0.122. The summed E-state index contributed by atoms with van der Waals surface area (Å²) < 4.78 is 5.20. The second kappa shape index (κ2) is 4.31. The van der Waals surface area contributed by atoms with Crippen LogP contribution in [-0.2, 0) is 10.2 Å². The second-order valence-electron chi connectivity index (χ2n) is 6.37. The molecule has 2 aliphatic rings. The van der Waals surface area contributed by atoms with E-state index in [0.29, 0.717) is 24.2 Å². The maximum absolute atomic E-state index is 11.8. The van der Waals surface area contributed by atoms with Crippen molar-refractivity contribution in [2.75, 3.05) is 13.6 Å². The third kappa shape index (κ3) is 1.80. The van der Waals surface area contributed by atoms with Crippen LogP contribution in [0.5, 0.6) is 0 Å². The van der Waals surface area contributed by atoms with Gasteiger partial charge in [0.05, 0.1) is 5.52 Å². The summed E-state index contributed by atoms with van der Waals surface area (Å²) in [6.45, 7) is 1.01. The third-order valence-corrected chi connectivity index (χ3v) is 5.35. The number of hydrogen-bond donors (Lipinski definition) is 1. The highest BCUT2D eigenvalue weighted by Crippen LogP contribution is 2.47. The molecule has 2 heterocycles. The number of Topliss-reactive ketones (excluding diaryl/α,β-unsaturated/α-hetero) is 1. The Labute approximate surface area is 121 Å². The molecule has 1 saturated carbocycles. The Morgan fingerprint density at radius 2 is 2.19 bits per heavy atom. The molecule has 2 atom stereocenters. The van der Waals surface area contributed by atoms with Crippen LogP contribution in [-0.4, -0.2) is 35.3 Å². The van der Waals surface area contributed by atoms with Gasteiger partial charge in [-0.15, -0.1) is 0 Å². The summed E-state index contributed by atoms with van der Waals surface area (Å²) >= 11 is 0. The van der Waals surface area contributed by atoms with Crippen molar-refractivity contribution in [1.82, 2.24) is 9.88 Å². The first-order chi connectivity index (χ1) is 10.1. The van der Waals surface area contributed by atoms with Crippen molar-refractivity contribution in [3.05, 3.63) is 34.3 Å². The number of aromatic amines is 1. The van der Waals surface area contributed by atoms with E-state index < -0.39 is 5.76 Å². The van der Waals surface area contributed by atoms with Crippen LogP contribution in [0.2, 0.25) is 0 Å². The number of carbonyl (C=O) groups is 1. The normalized spacial score (nSPS) is 30.0. The Bertz CT molecular complexity index is 775. The molecule has 1 aliphatic carbocycles. The quantitative estimate of drug-likeness (QED) is 0.868. The van der Waals surface area contributed by atoms with Gasteiger partial charge in [0.25, 0.3) is 0 Å². The standard InChI is InChI=1S/C16H18N2O3/c1-18-7-6-16(5-4-11(19)9-14(16)18)10-2-3-12-13(8-10)21-15(20)17-12/h2-3,8,14H,4-7,9H2,1H3,(H,17,20)/t14-,16-/m0/s1. The predicted molar refractivity (Wildman–Crippen MR) is 78.4 cm³/mol. The summed E-state index contributed by atoms with van der Waals surface area (Å²) in [5.74, 6) is -0.0582. The smallest absolute Gasteiger partial charge is 0.408 e. The zero-order valence-electron chi connectivity index (χ0n) is 12.0. The van der Waals surface area contributed by atoms with Gasteiger partial charge in [0, 0.05) is 24.3 Å². The van der Waals surface area contributed by atoms with Gasteiger partial charge < -0.3 is 9.32 Å². The molecule has 2 fully saturated rings. The summed E-state index contributed by atoms with van der Waals surface area (Å²) in [6.07, 6.45) is 3.23. The molecule has 1 aliphatic heterocycles. The fourth-order valence-corrected chi connectivity index (χ4v) is 4.18. The number of likely N-dealkylation sites (tertiary alicyclic amines) is 1. The molecule has 0 unspecified atom stereocenters. The van der Waals surface area contributed by atoms with Crippen molar-refractivity contribution in [3.63, 3.8) is 0 Å². The largest absolute Gasteiger partial charge is 0.417 e. The van der Waals surface area contributed by atoms with E-state index in [4.69, 9.17) is 4.42 Å². The molecule has 4 rings (SSSR count). The van der Waals surface area contributed by atoms with Gasteiger partial charge in [0.2, 0.25) is 0 Å². The molecule has 0 radical (unpaired) electrons. The Morgan fingerprint density at radius 1 is 1.33 bits per heavy atom. The maximum atomic E-state index is 11.8. The summed E-state index contributed by atoms with van der Waals surface area (Å²) in [6, 6.07) is 6.24. The lowest BCUT2D eigenvalue weighted by Crippen LogP contribution is -2.46.